The monoisotopic (exact) mass is 428 g/mol. The van der Waals surface area contributed by atoms with Crippen molar-refractivity contribution in [2.75, 3.05) is 0 Å². The molecule has 0 aromatic carbocycles. The van der Waals surface area contributed by atoms with Gasteiger partial charge in [-0.2, -0.15) is 4.39 Å². The number of aromatic nitrogens is 2. The number of nitrogens with zero attached hydrogens (tertiary/aromatic N) is 1. The first-order chi connectivity index (χ1) is 14.6. The lowest BCUT2D eigenvalue weighted by Gasteiger charge is -2.58. The largest absolute Gasteiger partial charge is 0.328 e. The van der Waals surface area contributed by atoms with Crippen molar-refractivity contribution in [3.8, 4) is 0 Å². The highest BCUT2D eigenvalue weighted by Crippen LogP contribution is 2.66. The number of aromatic amines is 1. The number of fused-ring (bicyclic) bond motifs is 5. The summed E-state index contributed by atoms with van der Waals surface area (Å²) in [5, 5.41) is 0. The smallest absolute Gasteiger partial charge is 0.300 e. The average Bonchev–Trinajstić information content (AvgIpc) is 3.08. The second kappa shape index (κ2) is 7.01. The minimum atomic E-state index is -0.952. The first-order valence-electron chi connectivity index (χ1n) is 11.9. The molecule has 1 heterocycles. The van der Waals surface area contributed by atoms with Gasteiger partial charge in [0.2, 0.25) is 5.82 Å². The summed E-state index contributed by atoms with van der Waals surface area (Å²) < 4.78 is 15.2. The fraction of sp³-hybridized carbons (Fsp3) is 0.720. The molecular weight excluding hydrogens is 395 g/mol. The van der Waals surface area contributed by atoms with Crippen LogP contribution in [0.4, 0.5) is 4.39 Å². The van der Waals surface area contributed by atoms with Crippen molar-refractivity contribution in [2.45, 2.75) is 78.2 Å². The summed E-state index contributed by atoms with van der Waals surface area (Å²) in [7, 11) is 0. The normalized spacial score (nSPS) is 41.7. The van der Waals surface area contributed by atoms with E-state index in [1.165, 1.54) is 10.1 Å². The molecule has 4 aliphatic rings. The topological polar surface area (TPSA) is 71.9 Å². The Bertz CT molecular complexity index is 1070. The number of carbonyl (C=O) groups excluding carboxylic acids is 1. The van der Waals surface area contributed by atoms with Crippen LogP contribution in [0.1, 0.15) is 78.2 Å². The Balaban J connectivity index is 1.43. The van der Waals surface area contributed by atoms with Crippen LogP contribution in [-0.4, -0.2) is 15.3 Å². The molecule has 0 aliphatic heterocycles. The highest BCUT2D eigenvalue weighted by atomic mass is 19.1. The number of hydrogen-bond acceptors (Lipinski definition) is 3. The van der Waals surface area contributed by atoms with Crippen LogP contribution in [0.5, 0.6) is 0 Å². The van der Waals surface area contributed by atoms with Crippen LogP contribution in [0.2, 0.25) is 0 Å². The maximum absolute atomic E-state index is 13.9. The fourth-order valence-corrected chi connectivity index (χ4v) is 8.28. The van der Waals surface area contributed by atoms with E-state index in [1.54, 1.807) is 6.92 Å². The minimum absolute atomic E-state index is 0.111. The lowest BCUT2D eigenvalue weighted by Crippen LogP contribution is -2.51. The van der Waals surface area contributed by atoms with E-state index in [1.807, 2.05) is 0 Å². The van der Waals surface area contributed by atoms with Crippen molar-refractivity contribution in [3.05, 3.63) is 44.5 Å². The van der Waals surface area contributed by atoms with Gasteiger partial charge < -0.3 is 0 Å². The van der Waals surface area contributed by atoms with Crippen LogP contribution in [0.25, 0.3) is 0 Å². The fourth-order valence-electron chi connectivity index (χ4n) is 8.28. The number of ketones is 1. The van der Waals surface area contributed by atoms with E-state index in [-0.39, 0.29) is 22.8 Å². The third-order valence-electron chi connectivity index (χ3n) is 9.89. The standard InChI is InChI=1S/C25H33FN2O3/c1-14(29)18-6-7-19-17-5-4-15-12-16(28-13-21(26)22(30)27-23(28)31)8-10-24(15,2)20(17)9-11-25(18,19)3/h4,13,16-20H,5-12H2,1-3H3,(H,27,30,31). The van der Waals surface area contributed by atoms with Gasteiger partial charge in [0.15, 0.2) is 0 Å². The highest BCUT2D eigenvalue weighted by molar-refractivity contribution is 5.79. The second-order valence-corrected chi connectivity index (χ2v) is 11.1. The van der Waals surface area contributed by atoms with Gasteiger partial charge in [0.25, 0.3) is 5.56 Å². The van der Waals surface area contributed by atoms with Crippen molar-refractivity contribution < 1.29 is 9.18 Å². The second-order valence-electron chi connectivity index (χ2n) is 11.1. The van der Waals surface area contributed by atoms with E-state index in [2.05, 4.69) is 24.9 Å². The Morgan fingerprint density at radius 3 is 2.65 bits per heavy atom. The zero-order valence-electron chi connectivity index (χ0n) is 18.7. The van der Waals surface area contributed by atoms with Gasteiger partial charge in [0.1, 0.15) is 5.78 Å². The van der Waals surface area contributed by atoms with Gasteiger partial charge in [-0.05, 0) is 86.9 Å². The summed E-state index contributed by atoms with van der Waals surface area (Å²) in [5.74, 6) is 1.53. The third kappa shape index (κ3) is 2.96. The number of Topliss-reactive ketones (excluding diaryl/α,β-unsaturated/α-hetero) is 1. The number of carbonyl (C=O) groups is 1. The van der Waals surface area contributed by atoms with Crippen molar-refractivity contribution >= 4 is 5.78 Å². The van der Waals surface area contributed by atoms with E-state index in [9.17, 15) is 18.8 Å². The summed E-state index contributed by atoms with van der Waals surface area (Å²) in [6.45, 7) is 6.53. The van der Waals surface area contributed by atoms with Crippen molar-refractivity contribution in [1.82, 2.24) is 9.55 Å². The molecule has 3 saturated carbocycles. The van der Waals surface area contributed by atoms with Gasteiger partial charge in [-0.1, -0.05) is 25.5 Å². The first-order valence-corrected chi connectivity index (χ1v) is 11.9. The molecule has 0 radical (unpaired) electrons. The van der Waals surface area contributed by atoms with Gasteiger partial charge in [0, 0.05) is 12.0 Å². The third-order valence-corrected chi connectivity index (χ3v) is 9.89. The van der Waals surface area contributed by atoms with E-state index in [0.717, 1.165) is 57.6 Å². The molecule has 1 aromatic heterocycles. The Morgan fingerprint density at radius 1 is 1.13 bits per heavy atom. The Labute approximate surface area is 182 Å². The molecule has 7 atom stereocenters. The maximum atomic E-state index is 13.9. The number of rotatable bonds is 2. The molecule has 168 valence electrons. The molecule has 3 fully saturated rings. The lowest BCUT2D eigenvalue weighted by molar-refractivity contribution is -0.127. The summed E-state index contributed by atoms with van der Waals surface area (Å²) in [5.41, 5.74) is 0.177. The molecule has 0 spiro atoms. The SMILES string of the molecule is CC(=O)C1CCC2C3CC=C4CC(n5cc(F)c(=O)[nH]c5=O)CCC4(C)C3CCC12C. The molecular formula is C25H33FN2O3. The van der Waals surface area contributed by atoms with Crippen LogP contribution >= 0.6 is 0 Å². The maximum Gasteiger partial charge on any atom is 0.328 e. The molecule has 0 amide bonds. The Morgan fingerprint density at radius 2 is 1.90 bits per heavy atom. The predicted molar refractivity (Wildman–Crippen MR) is 116 cm³/mol. The van der Waals surface area contributed by atoms with Gasteiger partial charge in [-0.15, -0.1) is 0 Å². The quantitative estimate of drug-likeness (QED) is 0.711. The van der Waals surface area contributed by atoms with E-state index >= 15 is 0 Å². The number of nitrogens with one attached hydrogen (secondary N) is 1. The van der Waals surface area contributed by atoms with Crippen molar-refractivity contribution in [3.63, 3.8) is 0 Å². The zero-order valence-corrected chi connectivity index (χ0v) is 18.7. The summed E-state index contributed by atoms with van der Waals surface area (Å²) >= 11 is 0. The molecule has 1 N–H and O–H groups in total. The summed E-state index contributed by atoms with van der Waals surface area (Å²) in [6, 6.07) is -0.114. The first kappa shape index (κ1) is 20.9. The summed E-state index contributed by atoms with van der Waals surface area (Å²) in [4.78, 5) is 38.1. The van der Waals surface area contributed by atoms with Crippen molar-refractivity contribution in [2.24, 2.45) is 34.5 Å². The van der Waals surface area contributed by atoms with Gasteiger partial charge in [-0.25, -0.2) is 4.79 Å². The van der Waals surface area contributed by atoms with Crippen LogP contribution in [0.15, 0.2) is 27.4 Å². The Kier molecular flexibility index (Phi) is 4.73. The molecule has 7 unspecified atom stereocenters. The summed E-state index contributed by atoms with van der Waals surface area (Å²) in [6.07, 6.45) is 11.5. The van der Waals surface area contributed by atoms with Crippen LogP contribution in [-0.2, 0) is 4.79 Å². The van der Waals surface area contributed by atoms with Gasteiger partial charge >= 0.3 is 5.69 Å². The van der Waals surface area contributed by atoms with Crippen LogP contribution in [0.3, 0.4) is 0 Å². The molecule has 31 heavy (non-hydrogen) atoms. The number of allylic oxidation sites excluding steroid dienone is 2. The molecule has 6 heteroatoms. The van der Waals surface area contributed by atoms with Crippen LogP contribution in [0, 0.1) is 40.3 Å². The zero-order chi connectivity index (χ0) is 22.1. The van der Waals surface area contributed by atoms with Gasteiger partial charge in [0.05, 0.1) is 6.20 Å². The Hall–Kier alpha value is -1.98. The molecule has 4 aliphatic carbocycles. The average molecular weight is 429 g/mol. The number of halogens is 1. The van der Waals surface area contributed by atoms with E-state index < -0.39 is 17.1 Å². The van der Waals surface area contributed by atoms with Crippen LogP contribution < -0.4 is 11.2 Å². The van der Waals surface area contributed by atoms with Gasteiger partial charge in [-0.3, -0.25) is 19.1 Å². The molecule has 5 nitrogen and oxygen atoms in total. The molecule has 0 bridgehead atoms. The van der Waals surface area contributed by atoms with E-state index in [4.69, 9.17) is 0 Å². The number of H-pyrrole nitrogens is 1. The highest BCUT2D eigenvalue weighted by Gasteiger charge is 2.59. The molecule has 5 rings (SSSR count). The molecule has 1 aromatic rings. The minimum Gasteiger partial charge on any atom is -0.300 e. The lowest BCUT2D eigenvalue weighted by atomic mass is 9.47. The van der Waals surface area contributed by atoms with E-state index in [0.29, 0.717) is 23.5 Å². The molecule has 0 saturated heterocycles. The van der Waals surface area contributed by atoms with Crippen molar-refractivity contribution in [1.29, 1.82) is 0 Å². The number of hydrogen-bond donors (Lipinski definition) is 1. The predicted octanol–water partition coefficient (Wildman–Crippen LogP) is 4.38.